The lowest BCUT2D eigenvalue weighted by atomic mass is 9.90. The Kier molecular flexibility index (Phi) is 8.21. The summed E-state index contributed by atoms with van der Waals surface area (Å²) in [5, 5.41) is 21.5. The van der Waals surface area contributed by atoms with E-state index in [1.54, 1.807) is 14.0 Å². The molecule has 0 radical (unpaired) electrons. The van der Waals surface area contributed by atoms with E-state index in [-0.39, 0.29) is 6.54 Å². The first-order chi connectivity index (χ1) is 7.78. The molecule has 0 aromatic heterocycles. The second-order valence-electron chi connectivity index (χ2n) is 3.00. The highest BCUT2D eigenvalue weighted by molar-refractivity contribution is 6.17. The molecule has 0 saturated carbocycles. The molecule has 0 saturated heterocycles. The SMILES string of the molecule is CCNC(=O)C(C)(C(=O)O)C(=O)O.CNC=O. The van der Waals surface area contributed by atoms with Crippen LogP contribution in [0.5, 0.6) is 0 Å². The Balaban J connectivity index is 0. The molecule has 0 unspecified atom stereocenters. The van der Waals surface area contributed by atoms with Crippen LogP contribution >= 0.6 is 0 Å². The fourth-order valence-electron chi connectivity index (χ4n) is 0.623. The van der Waals surface area contributed by atoms with Gasteiger partial charge in [-0.25, -0.2) is 0 Å². The van der Waals surface area contributed by atoms with Crippen molar-refractivity contribution in [3.05, 3.63) is 0 Å². The van der Waals surface area contributed by atoms with Crippen molar-refractivity contribution in [2.45, 2.75) is 13.8 Å². The molecule has 0 spiro atoms. The Labute approximate surface area is 98.0 Å². The highest BCUT2D eigenvalue weighted by atomic mass is 16.4. The second-order valence-corrected chi connectivity index (χ2v) is 3.00. The number of amides is 2. The monoisotopic (exact) mass is 248 g/mol. The number of hydrogen-bond acceptors (Lipinski definition) is 4. The number of carboxylic acid groups (broad SMARTS) is 2. The smallest absolute Gasteiger partial charge is 0.330 e. The molecule has 98 valence electrons. The third-order valence-electron chi connectivity index (χ3n) is 1.76. The van der Waals surface area contributed by atoms with E-state index in [0.717, 1.165) is 6.92 Å². The predicted octanol–water partition coefficient (Wildman–Crippen LogP) is -1.34. The summed E-state index contributed by atoms with van der Waals surface area (Å²) < 4.78 is 0. The molecule has 8 heteroatoms. The molecule has 0 atom stereocenters. The number of carboxylic acids is 2. The number of nitrogens with one attached hydrogen (secondary N) is 2. The van der Waals surface area contributed by atoms with Crippen LogP contribution in [0.25, 0.3) is 0 Å². The highest BCUT2D eigenvalue weighted by Crippen LogP contribution is 2.16. The van der Waals surface area contributed by atoms with Gasteiger partial charge in [-0.15, -0.1) is 0 Å². The number of hydrogen-bond donors (Lipinski definition) is 4. The average molecular weight is 248 g/mol. The van der Waals surface area contributed by atoms with Crippen LogP contribution in [0.15, 0.2) is 0 Å². The number of aliphatic carboxylic acids is 2. The summed E-state index contributed by atoms with van der Waals surface area (Å²) in [5.74, 6) is -4.37. The molecule has 0 aromatic rings. The zero-order valence-corrected chi connectivity index (χ0v) is 9.81. The third kappa shape index (κ3) is 4.96. The van der Waals surface area contributed by atoms with Gasteiger partial charge in [0.2, 0.25) is 17.7 Å². The molecule has 2 amide bonds. The van der Waals surface area contributed by atoms with Gasteiger partial charge in [0.1, 0.15) is 0 Å². The first kappa shape index (κ1) is 17.3. The maximum absolute atomic E-state index is 11.1. The van der Waals surface area contributed by atoms with Crippen molar-refractivity contribution in [2.75, 3.05) is 13.6 Å². The van der Waals surface area contributed by atoms with Gasteiger partial charge in [0.05, 0.1) is 0 Å². The van der Waals surface area contributed by atoms with E-state index in [4.69, 9.17) is 15.0 Å². The first-order valence-corrected chi connectivity index (χ1v) is 4.64. The largest absolute Gasteiger partial charge is 0.480 e. The third-order valence-corrected chi connectivity index (χ3v) is 1.76. The molecule has 0 aromatic carbocycles. The second kappa shape index (κ2) is 8.08. The van der Waals surface area contributed by atoms with Crippen LogP contribution in [-0.2, 0) is 19.2 Å². The summed E-state index contributed by atoms with van der Waals surface area (Å²) in [7, 11) is 1.56. The van der Waals surface area contributed by atoms with Crippen molar-refractivity contribution < 1.29 is 29.4 Å². The molecule has 0 heterocycles. The van der Waals surface area contributed by atoms with E-state index in [2.05, 4.69) is 10.6 Å². The minimum absolute atomic E-state index is 0.189. The quantitative estimate of drug-likeness (QED) is 0.351. The Bertz CT molecular complexity index is 288. The van der Waals surface area contributed by atoms with Gasteiger partial charge in [0, 0.05) is 13.6 Å². The highest BCUT2D eigenvalue weighted by Gasteiger charge is 2.49. The predicted molar refractivity (Wildman–Crippen MR) is 57.2 cm³/mol. The first-order valence-electron chi connectivity index (χ1n) is 4.64. The standard InChI is InChI=1S/C7H11NO5.C2H5NO/c1-3-8-4(9)7(2,5(10)11)6(12)13;1-3-2-4/h3H2,1-2H3,(H,8,9)(H,10,11)(H,12,13);2H,1H3,(H,3,4). The number of carbonyl (C=O) groups is 4. The lowest BCUT2D eigenvalue weighted by Crippen LogP contribution is -2.49. The Morgan fingerprint density at radius 3 is 1.76 bits per heavy atom. The van der Waals surface area contributed by atoms with Gasteiger partial charge in [-0.2, -0.15) is 0 Å². The van der Waals surface area contributed by atoms with Crippen molar-refractivity contribution in [1.29, 1.82) is 0 Å². The van der Waals surface area contributed by atoms with Crippen LogP contribution in [0.4, 0.5) is 0 Å². The van der Waals surface area contributed by atoms with Crippen LogP contribution in [0.2, 0.25) is 0 Å². The van der Waals surface area contributed by atoms with Gasteiger partial charge < -0.3 is 20.8 Å². The Hall–Kier alpha value is -2.12. The molecule has 8 nitrogen and oxygen atoms in total. The zero-order chi connectivity index (χ0) is 14.1. The molecule has 17 heavy (non-hydrogen) atoms. The maximum atomic E-state index is 11.1. The minimum Gasteiger partial charge on any atom is -0.480 e. The van der Waals surface area contributed by atoms with Crippen molar-refractivity contribution >= 4 is 24.3 Å². The number of rotatable bonds is 5. The molecule has 0 aliphatic carbocycles. The van der Waals surface area contributed by atoms with Gasteiger partial charge in [0.15, 0.2) is 0 Å². The van der Waals surface area contributed by atoms with Crippen LogP contribution in [0, 0.1) is 5.41 Å². The van der Waals surface area contributed by atoms with Gasteiger partial charge in [-0.1, -0.05) is 0 Å². The molecule has 0 fully saturated rings. The molecule has 4 N–H and O–H groups in total. The van der Waals surface area contributed by atoms with Crippen LogP contribution < -0.4 is 10.6 Å². The Morgan fingerprint density at radius 2 is 1.59 bits per heavy atom. The molecular formula is C9H16N2O6. The topological polar surface area (TPSA) is 133 Å². The fourth-order valence-corrected chi connectivity index (χ4v) is 0.623. The van der Waals surface area contributed by atoms with Crippen LogP contribution in [-0.4, -0.2) is 48.1 Å². The van der Waals surface area contributed by atoms with E-state index in [1.165, 1.54) is 0 Å². The van der Waals surface area contributed by atoms with Crippen molar-refractivity contribution in [1.82, 2.24) is 10.6 Å². The minimum atomic E-state index is -2.41. The Morgan fingerprint density at radius 1 is 1.24 bits per heavy atom. The van der Waals surface area contributed by atoms with E-state index >= 15 is 0 Å². The van der Waals surface area contributed by atoms with Crippen molar-refractivity contribution in [3.8, 4) is 0 Å². The maximum Gasteiger partial charge on any atom is 0.330 e. The van der Waals surface area contributed by atoms with E-state index < -0.39 is 23.3 Å². The fraction of sp³-hybridized carbons (Fsp3) is 0.556. The average Bonchev–Trinajstić information content (AvgIpc) is 2.27. The van der Waals surface area contributed by atoms with Crippen LogP contribution in [0.3, 0.4) is 0 Å². The summed E-state index contributed by atoms with van der Waals surface area (Å²) >= 11 is 0. The summed E-state index contributed by atoms with van der Waals surface area (Å²) in [5.41, 5.74) is -2.41. The summed E-state index contributed by atoms with van der Waals surface area (Å²) in [6, 6.07) is 0. The normalized spacial score (nSPS) is 9.35. The molecule has 0 aliphatic heterocycles. The van der Waals surface area contributed by atoms with E-state index in [9.17, 15) is 14.4 Å². The van der Waals surface area contributed by atoms with Crippen LogP contribution in [0.1, 0.15) is 13.8 Å². The van der Waals surface area contributed by atoms with Crippen molar-refractivity contribution in [2.24, 2.45) is 5.41 Å². The summed E-state index contributed by atoms with van der Waals surface area (Å²) in [6.45, 7) is 2.61. The molecule has 0 aliphatic rings. The van der Waals surface area contributed by atoms with Gasteiger partial charge in [0.25, 0.3) is 0 Å². The van der Waals surface area contributed by atoms with Gasteiger partial charge in [-0.05, 0) is 13.8 Å². The van der Waals surface area contributed by atoms with E-state index in [0.29, 0.717) is 6.41 Å². The number of carbonyl (C=O) groups excluding carboxylic acids is 2. The van der Waals surface area contributed by atoms with Gasteiger partial charge in [-0.3, -0.25) is 19.2 Å². The van der Waals surface area contributed by atoms with E-state index in [1.807, 2.05) is 0 Å². The zero-order valence-electron chi connectivity index (χ0n) is 9.81. The lowest BCUT2D eigenvalue weighted by molar-refractivity contribution is -0.167. The summed E-state index contributed by atoms with van der Waals surface area (Å²) in [4.78, 5) is 41.2. The lowest BCUT2D eigenvalue weighted by Gasteiger charge is -2.17. The summed E-state index contributed by atoms with van der Waals surface area (Å²) in [6.07, 6.45) is 0.625. The van der Waals surface area contributed by atoms with Crippen molar-refractivity contribution in [3.63, 3.8) is 0 Å². The molecular weight excluding hydrogens is 232 g/mol. The molecule has 0 bridgehead atoms. The molecule has 0 rings (SSSR count). The van der Waals surface area contributed by atoms with Gasteiger partial charge >= 0.3 is 11.9 Å².